The zero-order valence-corrected chi connectivity index (χ0v) is 37.8. The molecule has 2 heteroatoms. The lowest BCUT2D eigenvalue weighted by atomic mass is 9.67. The summed E-state index contributed by atoms with van der Waals surface area (Å²) < 4.78 is 6.33. The zero-order chi connectivity index (χ0) is 45.7. The van der Waals surface area contributed by atoms with E-state index in [-0.39, 0.29) is 0 Å². The Balaban J connectivity index is 1.04. The first-order valence-electron chi connectivity index (χ1n) is 23.7. The SMILES string of the molecule is c1ccc(-c2ccc(-c3cccc(N(c4ccccc4-c4ccc5oc6ccccc6c5c4)c4ccccc4-c4cccc5c4-c4ccccc4C5(c4ccccc4)c4ccccc4)c3)cc2)cc1. The lowest BCUT2D eigenvalue weighted by Gasteiger charge is -2.34. The quantitative estimate of drug-likeness (QED) is 0.144. The van der Waals surface area contributed by atoms with Crippen LogP contribution in [0.3, 0.4) is 0 Å². The lowest BCUT2D eigenvalue weighted by Crippen LogP contribution is -2.28. The minimum Gasteiger partial charge on any atom is -0.456 e. The standard InChI is InChI=1S/C67H45NO/c1-4-20-46(21-5-1)47-38-40-48(41-39-47)49-22-18-27-53(44-49)68(62-35-15-11-28-54(62)50-42-43-65-59(45-50)56-30-13-17-37-64(56)69-65)63-36-16-12-29-55(63)57-32-19-34-61-66(57)58-31-10-14-33-60(58)67(61,51-23-6-2-7-24-51)52-25-8-3-9-26-52/h1-45H. The molecule has 11 aromatic carbocycles. The highest BCUT2D eigenvalue weighted by atomic mass is 16.3. The van der Waals surface area contributed by atoms with E-state index in [1.165, 1.54) is 50.1 Å². The smallest absolute Gasteiger partial charge is 0.135 e. The van der Waals surface area contributed by atoms with Crippen molar-refractivity contribution in [1.29, 1.82) is 0 Å². The molecule has 0 unspecified atom stereocenters. The van der Waals surface area contributed by atoms with Crippen LogP contribution in [0.25, 0.3) is 77.6 Å². The number of hydrogen-bond acceptors (Lipinski definition) is 2. The van der Waals surface area contributed by atoms with Gasteiger partial charge in [-0.05, 0) is 109 Å². The van der Waals surface area contributed by atoms with Crippen molar-refractivity contribution < 1.29 is 4.42 Å². The number of hydrogen-bond donors (Lipinski definition) is 0. The van der Waals surface area contributed by atoms with Gasteiger partial charge in [0, 0.05) is 27.6 Å². The summed E-state index contributed by atoms with van der Waals surface area (Å²) in [4.78, 5) is 2.48. The first kappa shape index (κ1) is 40.3. The lowest BCUT2D eigenvalue weighted by molar-refractivity contribution is 0.669. The molecular formula is C67H45NO. The Hall–Kier alpha value is -8.98. The molecule has 0 atom stereocenters. The van der Waals surface area contributed by atoms with Gasteiger partial charge in [-0.15, -0.1) is 0 Å². The molecule has 0 fully saturated rings. The fraction of sp³-hybridized carbons (Fsp3) is 0.0149. The third-order valence-electron chi connectivity index (χ3n) is 14.2. The van der Waals surface area contributed by atoms with Crippen LogP contribution in [0.4, 0.5) is 17.1 Å². The van der Waals surface area contributed by atoms with Crippen LogP contribution in [0.5, 0.6) is 0 Å². The van der Waals surface area contributed by atoms with Gasteiger partial charge in [-0.2, -0.15) is 0 Å². The largest absolute Gasteiger partial charge is 0.456 e. The van der Waals surface area contributed by atoms with E-state index >= 15 is 0 Å². The molecule has 12 aromatic rings. The molecule has 0 amide bonds. The van der Waals surface area contributed by atoms with Gasteiger partial charge in [0.1, 0.15) is 11.2 Å². The van der Waals surface area contributed by atoms with Crippen LogP contribution >= 0.6 is 0 Å². The molecule has 1 aliphatic rings. The Bertz CT molecular complexity index is 3790. The molecule has 0 spiro atoms. The molecule has 0 saturated carbocycles. The molecule has 13 rings (SSSR count). The van der Waals surface area contributed by atoms with Crippen LogP contribution in [0, 0.1) is 0 Å². The van der Waals surface area contributed by atoms with Gasteiger partial charge in [-0.3, -0.25) is 0 Å². The zero-order valence-electron chi connectivity index (χ0n) is 37.8. The molecule has 1 aromatic heterocycles. The van der Waals surface area contributed by atoms with Crippen LogP contribution in [0.15, 0.2) is 277 Å². The van der Waals surface area contributed by atoms with Crippen molar-refractivity contribution in [3.8, 4) is 55.6 Å². The van der Waals surface area contributed by atoms with Crippen LogP contribution < -0.4 is 4.90 Å². The Labute approximate surface area is 402 Å². The molecular weight excluding hydrogens is 835 g/mol. The van der Waals surface area contributed by atoms with Crippen LogP contribution in [-0.4, -0.2) is 0 Å². The van der Waals surface area contributed by atoms with Gasteiger partial charge >= 0.3 is 0 Å². The first-order chi connectivity index (χ1) is 34.2. The van der Waals surface area contributed by atoms with Gasteiger partial charge in [0.2, 0.25) is 0 Å². The number of benzene rings is 11. The molecule has 69 heavy (non-hydrogen) atoms. The fourth-order valence-electron chi connectivity index (χ4n) is 11.1. The molecule has 0 aliphatic heterocycles. The van der Waals surface area contributed by atoms with E-state index in [1.807, 2.05) is 12.1 Å². The second kappa shape index (κ2) is 16.7. The summed E-state index contributed by atoms with van der Waals surface area (Å²) >= 11 is 0. The van der Waals surface area contributed by atoms with E-state index in [1.54, 1.807) is 0 Å². The molecule has 1 aliphatic carbocycles. The molecule has 324 valence electrons. The van der Waals surface area contributed by atoms with Crippen molar-refractivity contribution in [2.24, 2.45) is 0 Å². The summed E-state index contributed by atoms with van der Waals surface area (Å²) in [6.45, 7) is 0. The highest BCUT2D eigenvalue weighted by Gasteiger charge is 2.47. The van der Waals surface area contributed by atoms with E-state index in [0.717, 1.165) is 66.8 Å². The van der Waals surface area contributed by atoms with E-state index in [9.17, 15) is 0 Å². The van der Waals surface area contributed by atoms with E-state index in [4.69, 9.17) is 4.42 Å². The topological polar surface area (TPSA) is 16.4 Å². The average molecular weight is 880 g/mol. The van der Waals surface area contributed by atoms with Crippen LogP contribution in [-0.2, 0) is 5.41 Å². The molecule has 2 nitrogen and oxygen atoms in total. The molecule has 0 saturated heterocycles. The Morgan fingerprint density at radius 3 is 1.52 bits per heavy atom. The third-order valence-corrected chi connectivity index (χ3v) is 14.2. The van der Waals surface area contributed by atoms with Crippen molar-refractivity contribution in [1.82, 2.24) is 0 Å². The number of nitrogens with zero attached hydrogens (tertiary/aromatic N) is 1. The predicted molar refractivity (Wildman–Crippen MR) is 287 cm³/mol. The van der Waals surface area contributed by atoms with Crippen molar-refractivity contribution in [3.05, 3.63) is 295 Å². The monoisotopic (exact) mass is 879 g/mol. The third kappa shape index (κ3) is 6.64. The van der Waals surface area contributed by atoms with E-state index < -0.39 is 5.41 Å². The van der Waals surface area contributed by atoms with Crippen LogP contribution in [0.2, 0.25) is 0 Å². The average Bonchev–Trinajstić information content (AvgIpc) is 3.96. The maximum absolute atomic E-state index is 6.33. The van der Waals surface area contributed by atoms with Gasteiger partial charge in [0.05, 0.1) is 16.8 Å². The van der Waals surface area contributed by atoms with Gasteiger partial charge in [0.15, 0.2) is 0 Å². The summed E-state index contributed by atoms with van der Waals surface area (Å²) in [7, 11) is 0. The predicted octanol–water partition coefficient (Wildman–Crippen LogP) is 18.1. The maximum Gasteiger partial charge on any atom is 0.135 e. The van der Waals surface area contributed by atoms with E-state index in [2.05, 4.69) is 266 Å². The summed E-state index contributed by atoms with van der Waals surface area (Å²) in [5, 5.41) is 2.21. The van der Waals surface area contributed by atoms with Gasteiger partial charge in [-0.1, -0.05) is 231 Å². The van der Waals surface area contributed by atoms with E-state index in [0.29, 0.717) is 0 Å². The van der Waals surface area contributed by atoms with Crippen LogP contribution in [0.1, 0.15) is 22.3 Å². The summed E-state index contributed by atoms with van der Waals surface area (Å²) in [6.07, 6.45) is 0. The van der Waals surface area contributed by atoms with Crippen molar-refractivity contribution in [2.45, 2.75) is 5.41 Å². The Morgan fingerprint density at radius 2 is 0.783 bits per heavy atom. The maximum atomic E-state index is 6.33. The number of para-hydroxylation sites is 3. The number of furan rings is 1. The van der Waals surface area contributed by atoms with Crippen molar-refractivity contribution in [2.75, 3.05) is 4.90 Å². The fourth-order valence-corrected chi connectivity index (χ4v) is 11.1. The number of rotatable bonds is 9. The highest BCUT2D eigenvalue weighted by molar-refractivity contribution is 6.07. The van der Waals surface area contributed by atoms with Gasteiger partial charge < -0.3 is 9.32 Å². The minimum atomic E-state index is -0.522. The summed E-state index contributed by atoms with van der Waals surface area (Å²) in [5.74, 6) is 0. The summed E-state index contributed by atoms with van der Waals surface area (Å²) in [6, 6.07) is 99.4. The molecule has 1 heterocycles. The second-order valence-electron chi connectivity index (χ2n) is 17.9. The molecule has 0 radical (unpaired) electrons. The molecule has 0 N–H and O–H groups in total. The Kier molecular flexibility index (Phi) is 9.77. The second-order valence-corrected chi connectivity index (χ2v) is 17.9. The van der Waals surface area contributed by atoms with Gasteiger partial charge in [-0.25, -0.2) is 0 Å². The van der Waals surface area contributed by atoms with Crippen molar-refractivity contribution >= 4 is 39.0 Å². The Morgan fingerprint density at radius 1 is 0.290 bits per heavy atom. The number of fused-ring (bicyclic) bond motifs is 6. The summed E-state index contributed by atoms with van der Waals surface area (Å²) in [5.41, 5.74) is 21.3. The normalized spacial score (nSPS) is 12.5. The molecule has 0 bridgehead atoms. The minimum absolute atomic E-state index is 0.522. The first-order valence-corrected chi connectivity index (χ1v) is 23.7. The highest BCUT2D eigenvalue weighted by Crippen LogP contribution is 2.59. The van der Waals surface area contributed by atoms with Gasteiger partial charge in [0.25, 0.3) is 0 Å². The van der Waals surface area contributed by atoms with Crippen molar-refractivity contribution in [3.63, 3.8) is 0 Å². The number of anilines is 3.